The lowest BCUT2D eigenvalue weighted by Gasteiger charge is -2.09. The van der Waals surface area contributed by atoms with Crippen LogP contribution in [0.1, 0.15) is 18.4 Å². The molecule has 0 aromatic heterocycles. The Morgan fingerprint density at radius 3 is 2.94 bits per heavy atom. The molecule has 2 rings (SSSR count). The van der Waals surface area contributed by atoms with E-state index in [1.54, 1.807) is 6.07 Å². The SMILES string of the molecule is N#CCOc1ccc([N+](=O)[O-])cc1CNC1CC1. The highest BCUT2D eigenvalue weighted by Crippen LogP contribution is 2.26. The van der Waals surface area contributed by atoms with E-state index in [2.05, 4.69) is 5.32 Å². The van der Waals surface area contributed by atoms with E-state index in [1.807, 2.05) is 6.07 Å². The maximum Gasteiger partial charge on any atom is 0.270 e. The molecule has 1 aliphatic rings. The van der Waals surface area contributed by atoms with Crippen molar-refractivity contribution in [2.75, 3.05) is 6.61 Å². The summed E-state index contributed by atoms with van der Waals surface area (Å²) in [6.45, 7) is 0.460. The molecule has 1 aromatic carbocycles. The molecule has 1 saturated carbocycles. The average Bonchev–Trinajstić information content (AvgIpc) is 3.18. The number of hydrogen-bond acceptors (Lipinski definition) is 5. The fourth-order valence-corrected chi connectivity index (χ4v) is 1.61. The van der Waals surface area contributed by atoms with Crippen molar-refractivity contribution in [3.63, 3.8) is 0 Å². The molecule has 0 amide bonds. The number of rotatable bonds is 6. The van der Waals surface area contributed by atoms with E-state index < -0.39 is 4.92 Å². The predicted octanol–water partition coefficient (Wildman–Crippen LogP) is 1.75. The lowest BCUT2D eigenvalue weighted by Crippen LogP contribution is -2.16. The lowest BCUT2D eigenvalue weighted by molar-refractivity contribution is -0.384. The molecule has 94 valence electrons. The Hall–Kier alpha value is -2.13. The number of nitriles is 1. The summed E-state index contributed by atoms with van der Waals surface area (Å²) >= 11 is 0. The van der Waals surface area contributed by atoms with Gasteiger partial charge in [-0.1, -0.05) is 0 Å². The minimum Gasteiger partial charge on any atom is -0.478 e. The van der Waals surface area contributed by atoms with E-state index in [0.717, 1.165) is 12.8 Å². The minimum absolute atomic E-state index is 0.0342. The summed E-state index contributed by atoms with van der Waals surface area (Å²) in [5, 5.41) is 22.5. The molecular weight excluding hydrogens is 234 g/mol. The molecule has 0 unspecified atom stereocenters. The summed E-state index contributed by atoms with van der Waals surface area (Å²) in [5.74, 6) is 0.523. The van der Waals surface area contributed by atoms with Crippen LogP contribution >= 0.6 is 0 Å². The van der Waals surface area contributed by atoms with Gasteiger partial charge in [0.05, 0.1) is 4.92 Å². The Morgan fingerprint density at radius 2 is 2.33 bits per heavy atom. The van der Waals surface area contributed by atoms with Crippen LogP contribution in [0.15, 0.2) is 18.2 Å². The molecule has 6 heteroatoms. The molecule has 18 heavy (non-hydrogen) atoms. The molecule has 1 aliphatic carbocycles. The third-order valence-electron chi connectivity index (χ3n) is 2.71. The highest BCUT2D eigenvalue weighted by atomic mass is 16.6. The summed E-state index contributed by atoms with van der Waals surface area (Å²) in [5.41, 5.74) is 0.748. The molecular formula is C12H13N3O3. The maximum atomic E-state index is 10.7. The van der Waals surface area contributed by atoms with Crippen molar-refractivity contribution in [1.82, 2.24) is 5.32 Å². The van der Waals surface area contributed by atoms with Gasteiger partial charge < -0.3 is 10.1 Å². The Kier molecular flexibility index (Phi) is 3.75. The van der Waals surface area contributed by atoms with Crippen LogP contribution in [0.3, 0.4) is 0 Å². The maximum absolute atomic E-state index is 10.7. The van der Waals surface area contributed by atoms with Crippen molar-refractivity contribution >= 4 is 5.69 Å². The summed E-state index contributed by atoms with van der Waals surface area (Å²) in [7, 11) is 0. The molecule has 0 saturated heterocycles. The second kappa shape index (κ2) is 5.47. The van der Waals surface area contributed by atoms with E-state index in [4.69, 9.17) is 10.00 Å². The normalized spacial score (nSPS) is 13.9. The van der Waals surface area contributed by atoms with E-state index in [0.29, 0.717) is 23.9 Å². The second-order valence-electron chi connectivity index (χ2n) is 4.15. The third kappa shape index (κ3) is 3.18. The summed E-state index contributed by atoms with van der Waals surface area (Å²) in [4.78, 5) is 10.3. The number of benzene rings is 1. The van der Waals surface area contributed by atoms with Crippen molar-refractivity contribution in [1.29, 1.82) is 5.26 Å². The smallest absolute Gasteiger partial charge is 0.270 e. The minimum atomic E-state index is -0.436. The Bertz CT molecular complexity index is 492. The summed E-state index contributed by atoms with van der Waals surface area (Å²) in [6.07, 6.45) is 2.28. The molecule has 0 spiro atoms. The van der Waals surface area contributed by atoms with Crippen LogP contribution in [0.4, 0.5) is 5.69 Å². The first-order valence-electron chi connectivity index (χ1n) is 5.71. The molecule has 0 bridgehead atoms. The average molecular weight is 247 g/mol. The first kappa shape index (κ1) is 12.3. The van der Waals surface area contributed by atoms with Crippen LogP contribution in [0.25, 0.3) is 0 Å². The van der Waals surface area contributed by atoms with Crippen LogP contribution in [0.2, 0.25) is 0 Å². The quantitative estimate of drug-likeness (QED) is 0.611. The fraction of sp³-hybridized carbons (Fsp3) is 0.417. The zero-order chi connectivity index (χ0) is 13.0. The van der Waals surface area contributed by atoms with Gasteiger partial charge in [-0.2, -0.15) is 5.26 Å². The second-order valence-corrected chi connectivity index (χ2v) is 4.15. The standard InChI is InChI=1S/C12H13N3O3/c13-5-6-18-12-4-3-11(15(16)17)7-9(12)8-14-10-1-2-10/h3-4,7,10,14H,1-2,6,8H2. The number of nitro benzene ring substituents is 1. The molecule has 0 aliphatic heterocycles. The molecule has 1 aromatic rings. The summed E-state index contributed by atoms with van der Waals surface area (Å²) in [6, 6.07) is 6.80. The van der Waals surface area contributed by atoms with Gasteiger partial charge in [0.15, 0.2) is 6.61 Å². The number of nitro groups is 1. The highest BCUT2D eigenvalue weighted by Gasteiger charge is 2.21. The van der Waals surface area contributed by atoms with Crippen molar-refractivity contribution in [2.24, 2.45) is 0 Å². The van der Waals surface area contributed by atoms with Crippen molar-refractivity contribution in [3.05, 3.63) is 33.9 Å². The van der Waals surface area contributed by atoms with E-state index in [-0.39, 0.29) is 12.3 Å². The van der Waals surface area contributed by atoms with Crippen LogP contribution < -0.4 is 10.1 Å². The first-order valence-corrected chi connectivity index (χ1v) is 5.71. The number of nitrogens with one attached hydrogen (secondary N) is 1. The molecule has 0 heterocycles. The van der Waals surface area contributed by atoms with Gasteiger partial charge in [0, 0.05) is 30.3 Å². The van der Waals surface area contributed by atoms with Gasteiger partial charge >= 0.3 is 0 Å². The topological polar surface area (TPSA) is 88.2 Å². The number of hydrogen-bond donors (Lipinski definition) is 1. The Balaban J connectivity index is 2.14. The molecule has 1 N–H and O–H groups in total. The van der Waals surface area contributed by atoms with Gasteiger partial charge in [-0.3, -0.25) is 10.1 Å². The Labute approximate surface area is 104 Å². The first-order chi connectivity index (χ1) is 8.70. The van der Waals surface area contributed by atoms with E-state index >= 15 is 0 Å². The molecule has 0 radical (unpaired) electrons. The van der Waals surface area contributed by atoms with Gasteiger partial charge in [-0.05, 0) is 18.9 Å². The van der Waals surface area contributed by atoms with E-state index in [1.165, 1.54) is 12.1 Å². The number of nitrogens with zero attached hydrogens (tertiary/aromatic N) is 2. The highest BCUT2D eigenvalue weighted by molar-refractivity contribution is 5.44. The zero-order valence-corrected chi connectivity index (χ0v) is 9.76. The molecule has 0 atom stereocenters. The predicted molar refractivity (Wildman–Crippen MR) is 64.1 cm³/mol. The zero-order valence-electron chi connectivity index (χ0n) is 9.76. The van der Waals surface area contributed by atoms with Crippen LogP contribution in [-0.2, 0) is 6.54 Å². The largest absolute Gasteiger partial charge is 0.478 e. The third-order valence-corrected chi connectivity index (χ3v) is 2.71. The van der Waals surface area contributed by atoms with Gasteiger partial charge in [0.2, 0.25) is 0 Å². The van der Waals surface area contributed by atoms with Crippen LogP contribution in [-0.4, -0.2) is 17.6 Å². The van der Waals surface area contributed by atoms with Crippen LogP contribution in [0, 0.1) is 21.4 Å². The monoisotopic (exact) mass is 247 g/mol. The van der Waals surface area contributed by atoms with Gasteiger partial charge in [-0.15, -0.1) is 0 Å². The van der Waals surface area contributed by atoms with Gasteiger partial charge in [0.25, 0.3) is 5.69 Å². The van der Waals surface area contributed by atoms with Crippen molar-refractivity contribution in [3.8, 4) is 11.8 Å². The van der Waals surface area contributed by atoms with Gasteiger partial charge in [-0.25, -0.2) is 0 Å². The van der Waals surface area contributed by atoms with Gasteiger partial charge in [0.1, 0.15) is 11.8 Å². The fourth-order valence-electron chi connectivity index (χ4n) is 1.61. The molecule has 1 fully saturated rings. The van der Waals surface area contributed by atoms with Crippen molar-refractivity contribution < 1.29 is 9.66 Å². The summed E-state index contributed by atoms with van der Waals surface area (Å²) < 4.78 is 5.25. The Morgan fingerprint density at radius 1 is 1.56 bits per heavy atom. The van der Waals surface area contributed by atoms with E-state index in [9.17, 15) is 10.1 Å². The van der Waals surface area contributed by atoms with Crippen LogP contribution in [0.5, 0.6) is 5.75 Å². The number of ether oxygens (including phenoxy) is 1. The van der Waals surface area contributed by atoms with Crippen molar-refractivity contribution in [2.45, 2.75) is 25.4 Å². The number of non-ortho nitro benzene ring substituents is 1. The lowest BCUT2D eigenvalue weighted by atomic mass is 10.1. The molecule has 6 nitrogen and oxygen atoms in total.